The van der Waals surface area contributed by atoms with Crippen LogP contribution in [-0.4, -0.2) is 12.5 Å². The zero-order chi connectivity index (χ0) is 13.9. The Hall–Kier alpha value is -1.35. The zero-order valence-corrected chi connectivity index (χ0v) is 12.0. The van der Waals surface area contributed by atoms with Crippen molar-refractivity contribution in [2.45, 2.75) is 46.1 Å². The molecule has 0 fully saturated rings. The maximum atomic E-state index is 11.9. The van der Waals surface area contributed by atoms with E-state index in [-0.39, 0.29) is 11.3 Å². The highest BCUT2D eigenvalue weighted by Gasteiger charge is 2.20. The minimum Gasteiger partial charge on any atom is -0.352 e. The molecular weight excluding hydrogens is 236 g/mol. The van der Waals surface area contributed by atoms with Gasteiger partial charge in [0.05, 0.1) is 0 Å². The predicted octanol–water partition coefficient (Wildman–Crippen LogP) is 2.17. The van der Waals surface area contributed by atoms with E-state index in [0.717, 1.165) is 0 Å². The Kier molecular flexibility index (Phi) is 4.25. The van der Waals surface area contributed by atoms with Gasteiger partial charge >= 0.3 is 0 Å². The van der Waals surface area contributed by atoms with Gasteiger partial charge in [-0.15, -0.1) is 0 Å². The molecular formula is C16H24N2O. The summed E-state index contributed by atoms with van der Waals surface area (Å²) in [5.41, 5.74) is 9.64. The lowest BCUT2D eigenvalue weighted by molar-refractivity contribution is -0.123. The molecule has 1 aliphatic carbocycles. The van der Waals surface area contributed by atoms with E-state index in [1.54, 1.807) is 0 Å². The van der Waals surface area contributed by atoms with E-state index >= 15 is 0 Å². The maximum Gasteiger partial charge on any atom is 0.220 e. The van der Waals surface area contributed by atoms with Gasteiger partial charge < -0.3 is 11.1 Å². The standard InChI is InChI=1S/C16H24N2O/c1-16(2,11-17)9-15(19)18-10-12-6-7-13-4-3-5-14(13)8-12/h6-8H,3-5,9-11,17H2,1-2H3,(H,18,19). The monoisotopic (exact) mass is 260 g/mol. The van der Waals surface area contributed by atoms with Crippen LogP contribution in [0, 0.1) is 5.41 Å². The van der Waals surface area contributed by atoms with Crippen LogP contribution in [0.3, 0.4) is 0 Å². The second-order valence-corrected chi connectivity index (χ2v) is 6.28. The van der Waals surface area contributed by atoms with Crippen molar-refractivity contribution in [2.24, 2.45) is 11.1 Å². The van der Waals surface area contributed by atoms with Gasteiger partial charge in [0.1, 0.15) is 0 Å². The Bertz CT molecular complexity index is 466. The molecule has 0 aromatic heterocycles. The van der Waals surface area contributed by atoms with E-state index in [1.807, 2.05) is 13.8 Å². The number of rotatable bonds is 5. The molecule has 1 aromatic rings. The van der Waals surface area contributed by atoms with E-state index in [9.17, 15) is 4.79 Å². The van der Waals surface area contributed by atoms with Crippen LogP contribution in [0.2, 0.25) is 0 Å². The molecule has 0 radical (unpaired) electrons. The van der Waals surface area contributed by atoms with Gasteiger partial charge in [-0.3, -0.25) is 4.79 Å². The normalized spacial score (nSPS) is 14.3. The van der Waals surface area contributed by atoms with Crippen molar-refractivity contribution in [3.05, 3.63) is 34.9 Å². The van der Waals surface area contributed by atoms with Crippen molar-refractivity contribution in [3.8, 4) is 0 Å². The average Bonchev–Trinajstić information content (AvgIpc) is 2.83. The van der Waals surface area contributed by atoms with E-state index in [0.29, 0.717) is 19.5 Å². The van der Waals surface area contributed by atoms with Crippen molar-refractivity contribution in [3.63, 3.8) is 0 Å². The summed E-state index contributed by atoms with van der Waals surface area (Å²) in [7, 11) is 0. The van der Waals surface area contributed by atoms with Crippen LogP contribution in [0.15, 0.2) is 18.2 Å². The summed E-state index contributed by atoms with van der Waals surface area (Å²) in [5.74, 6) is 0.0796. The highest BCUT2D eigenvalue weighted by molar-refractivity contribution is 5.76. The Balaban J connectivity index is 1.87. The number of amides is 1. The van der Waals surface area contributed by atoms with Crippen LogP contribution < -0.4 is 11.1 Å². The first-order valence-electron chi connectivity index (χ1n) is 7.08. The second kappa shape index (κ2) is 5.74. The first kappa shape index (κ1) is 14.1. The van der Waals surface area contributed by atoms with E-state index in [4.69, 9.17) is 5.73 Å². The molecule has 0 saturated heterocycles. The van der Waals surface area contributed by atoms with Crippen LogP contribution in [-0.2, 0) is 24.2 Å². The maximum absolute atomic E-state index is 11.9. The molecule has 0 atom stereocenters. The van der Waals surface area contributed by atoms with E-state index in [1.165, 1.54) is 36.0 Å². The van der Waals surface area contributed by atoms with Crippen molar-refractivity contribution in [1.29, 1.82) is 0 Å². The predicted molar refractivity (Wildman–Crippen MR) is 77.8 cm³/mol. The fraction of sp³-hybridized carbons (Fsp3) is 0.562. The number of fused-ring (bicyclic) bond motifs is 1. The Morgan fingerprint density at radius 3 is 2.79 bits per heavy atom. The number of benzene rings is 1. The van der Waals surface area contributed by atoms with Crippen LogP contribution in [0.5, 0.6) is 0 Å². The van der Waals surface area contributed by atoms with Crippen molar-refractivity contribution < 1.29 is 4.79 Å². The molecule has 0 aliphatic heterocycles. The Labute approximate surface area is 115 Å². The molecule has 1 aromatic carbocycles. The minimum absolute atomic E-state index is 0.0796. The number of nitrogens with one attached hydrogen (secondary N) is 1. The molecule has 0 heterocycles. The second-order valence-electron chi connectivity index (χ2n) is 6.28. The lowest BCUT2D eigenvalue weighted by Crippen LogP contribution is -2.32. The molecule has 0 unspecified atom stereocenters. The Morgan fingerprint density at radius 2 is 2.05 bits per heavy atom. The van der Waals surface area contributed by atoms with Gasteiger partial charge in [-0.25, -0.2) is 0 Å². The van der Waals surface area contributed by atoms with Crippen molar-refractivity contribution in [1.82, 2.24) is 5.32 Å². The number of carbonyl (C=O) groups excluding carboxylic acids is 1. The number of hydrogen-bond donors (Lipinski definition) is 2. The van der Waals surface area contributed by atoms with Crippen LogP contribution in [0.4, 0.5) is 0 Å². The largest absolute Gasteiger partial charge is 0.352 e. The third kappa shape index (κ3) is 3.80. The topological polar surface area (TPSA) is 55.1 Å². The molecule has 3 N–H and O–H groups in total. The van der Waals surface area contributed by atoms with Crippen LogP contribution in [0.1, 0.15) is 43.4 Å². The van der Waals surface area contributed by atoms with Gasteiger partial charge in [0.2, 0.25) is 5.91 Å². The van der Waals surface area contributed by atoms with E-state index in [2.05, 4.69) is 23.5 Å². The van der Waals surface area contributed by atoms with Crippen molar-refractivity contribution in [2.75, 3.05) is 6.54 Å². The fourth-order valence-electron chi connectivity index (χ4n) is 2.51. The van der Waals surface area contributed by atoms with Gasteiger partial charge in [-0.05, 0) is 47.9 Å². The number of hydrogen-bond acceptors (Lipinski definition) is 2. The Morgan fingerprint density at radius 1 is 1.32 bits per heavy atom. The summed E-state index contributed by atoms with van der Waals surface area (Å²) in [6.45, 7) is 5.18. The first-order chi connectivity index (χ1) is 9.00. The molecule has 0 saturated carbocycles. The van der Waals surface area contributed by atoms with Gasteiger partial charge in [-0.1, -0.05) is 32.0 Å². The molecule has 3 heteroatoms. The average molecular weight is 260 g/mol. The van der Waals surface area contributed by atoms with Crippen LogP contribution >= 0.6 is 0 Å². The highest BCUT2D eigenvalue weighted by atomic mass is 16.1. The highest BCUT2D eigenvalue weighted by Crippen LogP contribution is 2.23. The molecule has 3 nitrogen and oxygen atoms in total. The minimum atomic E-state index is -0.123. The molecule has 2 rings (SSSR count). The first-order valence-corrected chi connectivity index (χ1v) is 7.08. The molecule has 0 bridgehead atoms. The quantitative estimate of drug-likeness (QED) is 0.852. The van der Waals surface area contributed by atoms with Gasteiger partial charge in [0.15, 0.2) is 0 Å². The number of aryl methyl sites for hydroxylation is 2. The van der Waals surface area contributed by atoms with E-state index < -0.39 is 0 Å². The third-order valence-corrected chi connectivity index (χ3v) is 3.84. The lowest BCUT2D eigenvalue weighted by Gasteiger charge is -2.21. The number of carbonyl (C=O) groups is 1. The summed E-state index contributed by atoms with van der Waals surface area (Å²) < 4.78 is 0. The molecule has 1 aliphatic rings. The number of nitrogens with two attached hydrogens (primary N) is 1. The SMILES string of the molecule is CC(C)(CN)CC(=O)NCc1ccc2c(c1)CCC2. The smallest absolute Gasteiger partial charge is 0.220 e. The van der Waals surface area contributed by atoms with Gasteiger partial charge in [0.25, 0.3) is 0 Å². The van der Waals surface area contributed by atoms with Gasteiger partial charge in [0, 0.05) is 13.0 Å². The molecule has 104 valence electrons. The third-order valence-electron chi connectivity index (χ3n) is 3.84. The molecule has 1 amide bonds. The fourth-order valence-corrected chi connectivity index (χ4v) is 2.51. The summed E-state index contributed by atoms with van der Waals surface area (Å²) in [4.78, 5) is 11.9. The summed E-state index contributed by atoms with van der Waals surface area (Å²) in [6.07, 6.45) is 4.12. The van der Waals surface area contributed by atoms with Gasteiger partial charge in [-0.2, -0.15) is 0 Å². The summed E-state index contributed by atoms with van der Waals surface area (Å²) >= 11 is 0. The zero-order valence-electron chi connectivity index (χ0n) is 12.0. The summed E-state index contributed by atoms with van der Waals surface area (Å²) in [6, 6.07) is 6.56. The summed E-state index contributed by atoms with van der Waals surface area (Å²) in [5, 5.41) is 2.99. The van der Waals surface area contributed by atoms with Crippen molar-refractivity contribution >= 4 is 5.91 Å². The molecule has 19 heavy (non-hydrogen) atoms. The molecule has 0 spiro atoms. The lowest BCUT2D eigenvalue weighted by atomic mass is 9.89. The van der Waals surface area contributed by atoms with Crippen LogP contribution in [0.25, 0.3) is 0 Å².